The molecule has 0 aromatic heterocycles. The van der Waals surface area contributed by atoms with Crippen molar-refractivity contribution >= 4 is 28.1 Å². The molecule has 2 aromatic rings. The first-order valence-corrected chi connectivity index (χ1v) is 9.94. The molecule has 1 atom stereocenters. The Morgan fingerprint density at radius 2 is 1.90 bits per heavy atom. The summed E-state index contributed by atoms with van der Waals surface area (Å²) in [5, 5.41) is 0. The molecule has 2 heterocycles. The zero-order chi connectivity index (χ0) is 20.5. The molecule has 0 N–H and O–H groups in total. The largest absolute Gasteiger partial charge is 0.493 e. The Labute approximate surface area is 176 Å². The second-order valence-corrected chi connectivity index (χ2v) is 7.64. The van der Waals surface area contributed by atoms with Crippen LogP contribution in [0.5, 0.6) is 23.0 Å². The lowest BCUT2D eigenvalue weighted by Gasteiger charge is -2.27. The molecule has 2 aliphatic rings. The van der Waals surface area contributed by atoms with Crippen molar-refractivity contribution in [2.24, 2.45) is 0 Å². The molecule has 0 fully saturated rings. The number of fused-ring (bicyclic) bond motifs is 2. The monoisotopic (exact) mass is 461 g/mol. The lowest BCUT2D eigenvalue weighted by molar-refractivity contribution is -0.111. The first kappa shape index (κ1) is 19.6. The first-order valence-electron chi connectivity index (χ1n) is 9.15. The molecule has 29 heavy (non-hydrogen) atoms. The minimum absolute atomic E-state index is 0.198. The average Bonchev–Trinajstić information content (AvgIpc) is 3.10. The number of benzene rings is 2. The van der Waals surface area contributed by atoms with Crippen LogP contribution in [-0.4, -0.2) is 50.7 Å². The van der Waals surface area contributed by atoms with E-state index >= 15 is 0 Å². The van der Waals surface area contributed by atoms with Crippen molar-refractivity contribution in [3.63, 3.8) is 0 Å². The van der Waals surface area contributed by atoms with Gasteiger partial charge in [-0.2, -0.15) is 0 Å². The van der Waals surface area contributed by atoms with Crippen molar-refractivity contribution in [1.82, 2.24) is 4.90 Å². The van der Waals surface area contributed by atoms with Crippen LogP contribution < -0.4 is 18.9 Å². The van der Waals surface area contributed by atoms with Crippen LogP contribution in [-0.2, 0) is 17.6 Å². The zero-order valence-electron chi connectivity index (χ0n) is 16.1. The SMILES string of the molecule is COc1ccc(Br)c(C(=O)N2CCc3cc4c(cc3CC2C=O)OCO4)c1OC. The topological polar surface area (TPSA) is 74.3 Å². The maximum atomic E-state index is 13.5. The summed E-state index contributed by atoms with van der Waals surface area (Å²) in [5.74, 6) is 1.86. The number of nitrogens with zero attached hydrogens (tertiary/aromatic N) is 1. The average molecular weight is 462 g/mol. The molecule has 0 radical (unpaired) electrons. The maximum absolute atomic E-state index is 13.5. The smallest absolute Gasteiger partial charge is 0.259 e. The molecule has 0 saturated carbocycles. The van der Waals surface area contributed by atoms with Crippen LogP contribution in [0.1, 0.15) is 21.5 Å². The molecule has 0 aliphatic carbocycles. The Hall–Kier alpha value is -2.74. The predicted octanol–water partition coefficient (Wildman–Crippen LogP) is 3.00. The van der Waals surface area contributed by atoms with Crippen molar-refractivity contribution in [1.29, 1.82) is 0 Å². The third-order valence-corrected chi connectivity index (χ3v) is 5.93. The molecule has 8 heteroatoms. The van der Waals surface area contributed by atoms with E-state index in [2.05, 4.69) is 15.9 Å². The number of rotatable bonds is 4. The van der Waals surface area contributed by atoms with Crippen molar-refractivity contribution in [3.05, 3.63) is 45.4 Å². The van der Waals surface area contributed by atoms with Crippen LogP contribution in [0.25, 0.3) is 0 Å². The van der Waals surface area contributed by atoms with Gasteiger partial charge in [-0.1, -0.05) is 0 Å². The Bertz CT molecular complexity index is 976. The standard InChI is InChI=1S/C21H20BrNO6/c1-26-16-4-3-15(22)19(20(16)27-2)21(25)23-6-5-12-8-17-18(29-11-28-17)9-13(12)7-14(23)10-24/h3-4,8-10,14H,5-7,11H2,1-2H3. The van der Waals surface area contributed by atoms with E-state index in [9.17, 15) is 9.59 Å². The fourth-order valence-corrected chi connectivity index (χ4v) is 4.29. The summed E-state index contributed by atoms with van der Waals surface area (Å²) in [5.41, 5.74) is 2.37. The van der Waals surface area contributed by atoms with Gasteiger partial charge in [-0.15, -0.1) is 0 Å². The molecule has 2 aromatic carbocycles. The summed E-state index contributed by atoms with van der Waals surface area (Å²) in [7, 11) is 3.00. The highest BCUT2D eigenvalue weighted by atomic mass is 79.9. The summed E-state index contributed by atoms with van der Waals surface area (Å²) in [4.78, 5) is 27.0. The van der Waals surface area contributed by atoms with Gasteiger partial charge in [0.15, 0.2) is 23.0 Å². The van der Waals surface area contributed by atoms with Gasteiger partial charge in [0.2, 0.25) is 6.79 Å². The quantitative estimate of drug-likeness (QED) is 0.651. The number of aldehydes is 1. The van der Waals surface area contributed by atoms with E-state index in [1.807, 2.05) is 12.1 Å². The van der Waals surface area contributed by atoms with E-state index in [-0.39, 0.29) is 12.7 Å². The lowest BCUT2D eigenvalue weighted by atomic mass is 10.00. The Morgan fingerprint density at radius 3 is 2.55 bits per heavy atom. The van der Waals surface area contributed by atoms with Crippen LogP contribution in [0, 0.1) is 0 Å². The third kappa shape index (κ3) is 3.42. The highest BCUT2D eigenvalue weighted by molar-refractivity contribution is 9.10. The summed E-state index contributed by atoms with van der Waals surface area (Å²) < 4.78 is 22.3. The number of ether oxygens (including phenoxy) is 4. The van der Waals surface area contributed by atoms with Gasteiger partial charge in [0, 0.05) is 17.4 Å². The first-order chi connectivity index (χ1) is 14.1. The van der Waals surface area contributed by atoms with Gasteiger partial charge in [0.1, 0.15) is 6.29 Å². The van der Waals surface area contributed by atoms with Gasteiger partial charge < -0.3 is 28.6 Å². The normalized spacial score (nSPS) is 17.3. The van der Waals surface area contributed by atoms with Crippen LogP contribution in [0.3, 0.4) is 0 Å². The fraction of sp³-hybridized carbons (Fsp3) is 0.333. The fourth-order valence-electron chi connectivity index (χ4n) is 3.81. The molecule has 152 valence electrons. The van der Waals surface area contributed by atoms with Gasteiger partial charge in [0.05, 0.1) is 25.8 Å². The Morgan fingerprint density at radius 1 is 1.17 bits per heavy atom. The summed E-state index contributed by atoms with van der Waals surface area (Å²) >= 11 is 3.44. The van der Waals surface area contributed by atoms with E-state index in [1.165, 1.54) is 14.2 Å². The van der Waals surface area contributed by atoms with Gasteiger partial charge in [-0.05, 0) is 57.7 Å². The minimum atomic E-state index is -0.605. The van der Waals surface area contributed by atoms with E-state index in [0.29, 0.717) is 52.4 Å². The molecule has 0 bridgehead atoms. The molecule has 1 amide bonds. The number of amides is 1. The van der Waals surface area contributed by atoms with E-state index in [4.69, 9.17) is 18.9 Å². The Balaban J connectivity index is 1.70. The van der Waals surface area contributed by atoms with E-state index in [1.54, 1.807) is 17.0 Å². The van der Waals surface area contributed by atoms with E-state index in [0.717, 1.165) is 17.4 Å². The minimum Gasteiger partial charge on any atom is -0.493 e. The maximum Gasteiger partial charge on any atom is 0.259 e. The molecule has 0 spiro atoms. The molecular weight excluding hydrogens is 442 g/mol. The van der Waals surface area contributed by atoms with Crippen molar-refractivity contribution in [2.75, 3.05) is 27.6 Å². The second-order valence-electron chi connectivity index (χ2n) is 6.79. The lowest BCUT2D eigenvalue weighted by Crippen LogP contribution is -2.42. The van der Waals surface area contributed by atoms with Crippen LogP contribution in [0.15, 0.2) is 28.7 Å². The third-order valence-electron chi connectivity index (χ3n) is 5.27. The highest BCUT2D eigenvalue weighted by Gasteiger charge is 2.33. The number of hydrogen-bond acceptors (Lipinski definition) is 6. The molecule has 0 saturated heterocycles. The van der Waals surface area contributed by atoms with Gasteiger partial charge >= 0.3 is 0 Å². The van der Waals surface area contributed by atoms with Crippen molar-refractivity contribution in [3.8, 4) is 23.0 Å². The van der Waals surface area contributed by atoms with Crippen LogP contribution in [0.4, 0.5) is 0 Å². The highest BCUT2D eigenvalue weighted by Crippen LogP contribution is 2.39. The van der Waals surface area contributed by atoms with Gasteiger partial charge in [-0.25, -0.2) is 0 Å². The summed E-state index contributed by atoms with van der Waals surface area (Å²) in [6.45, 7) is 0.589. The summed E-state index contributed by atoms with van der Waals surface area (Å²) in [6.07, 6.45) is 1.83. The molecule has 4 rings (SSSR count). The number of carbonyl (C=O) groups is 2. The molecular formula is C21H20BrNO6. The number of methoxy groups -OCH3 is 2. The molecule has 2 aliphatic heterocycles. The molecule has 1 unspecified atom stereocenters. The van der Waals surface area contributed by atoms with Crippen LogP contribution in [0.2, 0.25) is 0 Å². The van der Waals surface area contributed by atoms with E-state index < -0.39 is 6.04 Å². The molecule has 7 nitrogen and oxygen atoms in total. The number of hydrogen-bond donors (Lipinski definition) is 0. The van der Waals surface area contributed by atoms with Crippen molar-refractivity contribution < 1.29 is 28.5 Å². The van der Waals surface area contributed by atoms with Crippen LogP contribution >= 0.6 is 15.9 Å². The van der Waals surface area contributed by atoms with Crippen molar-refractivity contribution in [2.45, 2.75) is 18.9 Å². The Kier molecular flexibility index (Phi) is 5.36. The number of carbonyl (C=O) groups excluding carboxylic acids is 2. The van der Waals surface area contributed by atoms with Gasteiger partial charge in [0.25, 0.3) is 5.91 Å². The summed E-state index contributed by atoms with van der Waals surface area (Å²) in [6, 6.07) is 6.69. The predicted molar refractivity (Wildman–Crippen MR) is 108 cm³/mol. The zero-order valence-corrected chi connectivity index (χ0v) is 17.7. The van der Waals surface area contributed by atoms with Gasteiger partial charge in [-0.3, -0.25) is 4.79 Å². The second kappa shape index (κ2) is 7.94. The number of halogens is 1.